The number of halogens is 1. The molecule has 1 fully saturated rings. The summed E-state index contributed by atoms with van der Waals surface area (Å²) in [6.07, 6.45) is 0. The molecule has 1 amide bonds. The minimum absolute atomic E-state index is 0. The third-order valence-corrected chi connectivity index (χ3v) is 3.39. The highest BCUT2D eigenvalue weighted by Crippen LogP contribution is 2.11. The number of H-pyrrole nitrogens is 1. The van der Waals surface area contributed by atoms with Gasteiger partial charge in [0.25, 0.3) is 11.5 Å². The molecule has 1 aromatic heterocycles. The molecule has 1 aromatic carbocycles. The maximum atomic E-state index is 12.3. The lowest BCUT2D eigenvalue weighted by Gasteiger charge is -2.27. The Hall–Kier alpha value is -1.85. The molecule has 0 unspecified atom stereocenters. The van der Waals surface area contributed by atoms with Gasteiger partial charge in [-0.2, -0.15) is 0 Å². The van der Waals surface area contributed by atoms with Crippen molar-refractivity contribution in [2.45, 2.75) is 0 Å². The second-order valence-corrected chi connectivity index (χ2v) is 4.64. The molecular weight excluding hydrogens is 278 g/mol. The summed E-state index contributed by atoms with van der Waals surface area (Å²) < 4.78 is 0. The number of aromatic nitrogens is 1. The van der Waals surface area contributed by atoms with Gasteiger partial charge in [-0.25, -0.2) is 0 Å². The van der Waals surface area contributed by atoms with E-state index in [0.29, 0.717) is 13.1 Å². The summed E-state index contributed by atoms with van der Waals surface area (Å²) in [7, 11) is 0. The molecule has 0 aliphatic carbocycles. The Bertz CT molecular complexity index is 677. The number of nitrogens with one attached hydrogen (secondary N) is 2. The molecular formula is C14H16ClN3O2. The van der Waals surface area contributed by atoms with Gasteiger partial charge in [-0.1, -0.05) is 18.2 Å². The Morgan fingerprint density at radius 3 is 2.60 bits per heavy atom. The lowest BCUT2D eigenvalue weighted by atomic mass is 10.1. The number of aromatic amines is 1. The Morgan fingerprint density at radius 1 is 1.15 bits per heavy atom. The van der Waals surface area contributed by atoms with E-state index in [9.17, 15) is 9.59 Å². The number of nitrogens with zero attached hydrogens (tertiary/aromatic N) is 1. The van der Waals surface area contributed by atoms with Crippen LogP contribution in [0.3, 0.4) is 0 Å². The second-order valence-electron chi connectivity index (χ2n) is 4.64. The number of para-hydroxylation sites is 1. The van der Waals surface area contributed by atoms with E-state index in [0.717, 1.165) is 24.0 Å². The van der Waals surface area contributed by atoms with Crippen molar-refractivity contribution < 1.29 is 4.79 Å². The van der Waals surface area contributed by atoms with E-state index >= 15 is 0 Å². The Balaban J connectivity index is 0.00000147. The third kappa shape index (κ3) is 2.69. The molecule has 106 valence electrons. The Morgan fingerprint density at radius 2 is 1.85 bits per heavy atom. The standard InChI is InChI=1S/C14H15N3O2.ClH/c18-13-11(14(19)17-7-5-15-6-8-17)9-10-3-1-2-4-12(10)16-13;/h1-4,9,15H,5-8H2,(H,16,18);1H. The third-order valence-electron chi connectivity index (χ3n) is 3.39. The Kier molecular flexibility index (Phi) is 4.42. The average molecular weight is 294 g/mol. The van der Waals surface area contributed by atoms with Crippen LogP contribution in [0.2, 0.25) is 0 Å². The van der Waals surface area contributed by atoms with E-state index in [1.54, 1.807) is 11.0 Å². The van der Waals surface area contributed by atoms with Crippen LogP contribution in [0.5, 0.6) is 0 Å². The fourth-order valence-electron chi connectivity index (χ4n) is 2.34. The van der Waals surface area contributed by atoms with Gasteiger partial charge in [0.2, 0.25) is 0 Å². The van der Waals surface area contributed by atoms with Crippen molar-refractivity contribution in [3.63, 3.8) is 0 Å². The molecule has 0 spiro atoms. The van der Waals surface area contributed by atoms with Gasteiger partial charge >= 0.3 is 0 Å². The van der Waals surface area contributed by atoms with Crippen LogP contribution < -0.4 is 10.9 Å². The van der Waals surface area contributed by atoms with E-state index in [-0.39, 0.29) is 29.4 Å². The highest BCUT2D eigenvalue weighted by Gasteiger charge is 2.20. The SMILES string of the molecule is Cl.O=C(c1cc2ccccc2[nH]c1=O)N1CCNCC1. The molecule has 1 aliphatic rings. The number of fused-ring (bicyclic) bond motifs is 1. The van der Waals surface area contributed by atoms with Crippen LogP contribution in [0, 0.1) is 0 Å². The van der Waals surface area contributed by atoms with Crippen LogP contribution in [0.4, 0.5) is 0 Å². The first-order valence-electron chi connectivity index (χ1n) is 6.38. The highest BCUT2D eigenvalue weighted by atomic mass is 35.5. The average Bonchev–Trinajstić information content (AvgIpc) is 2.47. The monoisotopic (exact) mass is 293 g/mol. The largest absolute Gasteiger partial charge is 0.336 e. The molecule has 1 saturated heterocycles. The van der Waals surface area contributed by atoms with Crippen molar-refractivity contribution in [2.75, 3.05) is 26.2 Å². The first-order chi connectivity index (χ1) is 9.25. The molecule has 1 aliphatic heterocycles. The van der Waals surface area contributed by atoms with E-state index < -0.39 is 0 Å². The lowest BCUT2D eigenvalue weighted by Crippen LogP contribution is -2.47. The maximum absolute atomic E-state index is 12.3. The summed E-state index contributed by atoms with van der Waals surface area (Å²) in [5, 5.41) is 4.06. The summed E-state index contributed by atoms with van der Waals surface area (Å²) in [4.78, 5) is 28.8. The van der Waals surface area contributed by atoms with Gasteiger partial charge in [0.15, 0.2) is 0 Å². The summed E-state index contributed by atoms with van der Waals surface area (Å²) in [6.45, 7) is 2.84. The van der Waals surface area contributed by atoms with Crippen LogP contribution >= 0.6 is 12.4 Å². The van der Waals surface area contributed by atoms with E-state index in [1.807, 2.05) is 24.3 Å². The van der Waals surface area contributed by atoms with Gasteiger partial charge in [0, 0.05) is 31.7 Å². The zero-order valence-electron chi connectivity index (χ0n) is 10.9. The zero-order chi connectivity index (χ0) is 13.2. The van der Waals surface area contributed by atoms with Crippen molar-refractivity contribution in [1.82, 2.24) is 15.2 Å². The predicted octanol–water partition coefficient (Wildman–Crippen LogP) is 0.995. The molecule has 0 saturated carbocycles. The number of amides is 1. The number of pyridine rings is 1. The summed E-state index contributed by atoms with van der Waals surface area (Å²) in [5.41, 5.74) is 0.659. The molecule has 0 atom stereocenters. The molecule has 20 heavy (non-hydrogen) atoms. The lowest BCUT2D eigenvalue weighted by molar-refractivity contribution is 0.0734. The quantitative estimate of drug-likeness (QED) is 0.824. The van der Waals surface area contributed by atoms with Gasteiger partial charge < -0.3 is 15.2 Å². The van der Waals surface area contributed by atoms with E-state index in [2.05, 4.69) is 10.3 Å². The summed E-state index contributed by atoms with van der Waals surface area (Å²) in [5.74, 6) is -0.187. The van der Waals surface area contributed by atoms with Gasteiger partial charge in [-0.05, 0) is 17.5 Å². The minimum atomic E-state index is -0.317. The summed E-state index contributed by atoms with van der Waals surface area (Å²) >= 11 is 0. The fourth-order valence-corrected chi connectivity index (χ4v) is 2.34. The van der Waals surface area contributed by atoms with Crippen LogP contribution in [0.1, 0.15) is 10.4 Å². The zero-order valence-corrected chi connectivity index (χ0v) is 11.7. The molecule has 2 aromatic rings. The number of hydrogen-bond donors (Lipinski definition) is 2. The molecule has 0 radical (unpaired) electrons. The van der Waals surface area contributed by atoms with E-state index in [4.69, 9.17) is 0 Å². The molecule has 2 N–H and O–H groups in total. The fraction of sp³-hybridized carbons (Fsp3) is 0.286. The van der Waals surface area contributed by atoms with Crippen molar-refractivity contribution >= 4 is 29.2 Å². The number of carbonyl (C=O) groups is 1. The van der Waals surface area contributed by atoms with Gasteiger partial charge in [-0.15, -0.1) is 12.4 Å². The van der Waals surface area contributed by atoms with Crippen molar-refractivity contribution in [3.8, 4) is 0 Å². The maximum Gasteiger partial charge on any atom is 0.261 e. The van der Waals surface area contributed by atoms with Gasteiger partial charge in [0.05, 0.1) is 0 Å². The van der Waals surface area contributed by atoms with Gasteiger partial charge in [0.1, 0.15) is 5.56 Å². The van der Waals surface area contributed by atoms with Crippen LogP contribution in [0.25, 0.3) is 10.9 Å². The molecule has 6 heteroatoms. The predicted molar refractivity (Wildman–Crippen MR) is 80.6 cm³/mol. The minimum Gasteiger partial charge on any atom is -0.336 e. The van der Waals surface area contributed by atoms with Crippen molar-refractivity contribution in [3.05, 3.63) is 46.2 Å². The first kappa shape index (κ1) is 14.6. The number of piperazine rings is 1. The topological polar surface area (TPSA) is 65.2 Å². The van der Waals surface area contributed by atoms with Gasteiger partial charge in [-0.3, -0.25) is 9.59 Å². The van der Waals surface area contributed by atoms with Crippen LogP contribution in [-0.4, -0.2) is 42.0 Å². The van der Waals surface area contributed by atoms with Crippen molar-refractivity contribution in [1.29, 1.82) is 0 Å². The number of rotatable bonds is 1. The number of hydrogen-bond acceptors (Lipinski definition) is 3. The molecule has 3 rings (SSSR count). The smallest absolute Gasteiger partial charge is 0.261 e. The molecule has 5 nitrogen and oxygen atoms in total. The Labute approximate surface area is 122 Å². The van der Waals surface area contributed by atoms with Crippen molar-refractivity contribution in [2.24, 2.45) is 0 Å². The van der Waals surface area contributed by atoms with E-state index in [1.165, 1.54) is 0 Å². The number of benzene rings is 1. The second kappa shape index (κ2) is 6.07. The van der Waals surface area contributed by atoms with Crippen LogP contribution in [-0.2, 0) is 0 Å². The molecule has 0 bridgehead atoms. The van der Waals surface area contributed by atoms with Crippen LogP contribution in [0.15, 0.2) is 35.1 Å². The highest BCUT2D eigenvalue weighted by molar-refractivity contribution is 5.97. The molecule has 2 heterocycles. The number of carbonyl (C=O) groups excluding carboxylic acids is 1. The first-order valence-corrected chi connectivity index (χ1v) is 6.38. The summed E-state index contributed by atoms with van der Waals surface area (Å²) in [6, 6.07) is 9.14. The normalized spacial score (nSPS) is 14.9.